The predicted molar refractivity (Wildman–Crippen MR) is 123 cm³/mol. The highest BCUT2D eigenvalue weighted by Gasteiger charge is 2.44. The van der Waals surface area contributed by atoms with E-state index in [9.17, 15) is 22.7 Å². The van der Waals surface area contributed by atoms with Gasteiger partial charge in [0, 0.05) is 30.9 Å². The van der Waals surface area contributed by atoms with E-state index in [-0.39, 0.29) is 29.2 Å². The molecule has 1 aromatic carbocycles. The molecule has 0 aliphatic carbocycles. The second-order valence-electron chi connectivity index (χ2n) is 9.05. The van der Waals surface area contributed by atoms with E-state index in [0.717, 1.165) is 26.1 Å². The fraction of sp³-hybridized carbons (Fsp3) is 0.417. The van der Waals surface area contributed by atoms with Crippen LogP contribution in [0.1, 0.15) is 25.0 Å². The summed E-state index contributed by atoms with van der Waals surface area (Å²) in [5.41, 5.74) is -0.0880. The maximum atomic E-state index is 14.9. The van der Waals surface area contributed by atoms with E-state index in [1.54, 1.807) is 18.0 Å². The second kappa shape index (κ2) is 9.16. The van der Waals surface area contributed by atoms with Gasteiger partial charge >= 0.3 is 6.18 Å². The summed E-state index contributed by atoms with van der Waals surface area (Å²) in [6.07, 6.45) is -0.676. The number of methoxy groups -OCH3 is 1. The van der Waals surface area contributed by atoms with Crippen molar-refractivity contribution in [1.82, 2.24) is 25.5 Å². The highest BCUT2D eigenvalue weighted by atomic mass is 19.4. The molecule has 2 saturated heterocycles. The molecule has 12 heteroatoms. The number of hydrogen-bond donors (Lipinski definition) is 2. The molecule has 2 fully saturated rings. The average molecular weight is 504 g/mol. The lowest BCUT2D eigenvalue weighted by Crippen LogP contribution is -2.55. The first-order valence-electron chi connectivity index (χ1n) is 11.4. The zero-order valence-corrected chi connectivity index (χ0v) is 19.5. The molecule has 190 valence electrons. The van der Waals surface area contributed by atoms with Crippen molar-refractivity contribution in [2.75, 3.05) is 19.1 Å². The molecule has 3 aromatic rings. The van der Waals surface area contributed by atoms with Crippen LogP contribution in [0.4, 0.5) is 23.4 Å². The SMILES string of the molecule is COc1cc(-c2ccc(-c3ncc(N(C)[C@H]4C[C@H]5CC[C@@H](N5)[C@H]4F)nn3)c(O)c2)cnc1C(F)(F)F. The number of phenolic OH excluding ortho intramolecular Hbond substituents is 1. The quantitative estimate of drug-likeness (QED) is 0.504. The van der Waals surface area contributed by atoms with E-state index in [1.807, 2.05) is 0 Å². The minimum Gasteiger partial charge on any atom is -0.507 e. The van der Waals surface area contributed by atoms with E-state index >= 15 is 0 Å². The molecule has 2 aromatic heterocycles. The topological polar surface area (TPSA) is 96.3 Å². The number of phenols is 1. The van der Waals surface area contributed by atoms with Crippen molar-refractivity contribution in [3.63, 3.8) is 0 Å². The van der Waals surface area contributed by atoms with Gasteiger partial charge in [0.1, 0.15) is 17.7 Å². The summed E-state index contributed by atoms with van der Waals surface area (Å²) < 4.78 is 59.0. The Bertz CT molecular complexity index is 1260. The van der Waals surface area contributed by atoms with Gasteiger partial charge in [0.05, 0.1) is 24.9 Å². The van der Waals surface area contributed by atoms with Crippen LogP contribution in [-0.4, -0.2) is 63.7 Å². The highest BCUT2D eigenvalue weighted by molar-refractivity contribution is 5.73. The fourth-order valence-electron chi connectivity index (χ4n) is 4.94. The number of hydrogen-bond acceptors (Lipinski definition) is 8. The smallest absolute Gasteiger partial charge is 0.437 e. The number of anilines is 1. The number of alkyl halides is 4. The summed E-state index contributed by atoms with van der Waals surface area (Å²) in [5, 5.41) is 22.2. The summed E-state index contributed by atoms with van der Waals surface area (Å²) in [7, 11) is 2.90. The van der Waals surface area contributed by atoms with E-state index in [1.165, 1.54) is 24.4 Å². The number of rotatable bonds is 5. The lowest BCUT2D eigenvalue weighted by molar-refractivity contribution is -0.142. The molecule has 4 atom stereocenters. The monoisotopic (exact) mass is 504 g/mol. The molecular formula is C24H24F4N6O2. The number of nitrogens with zero attached hydrogens (tertiary/aromatic N) is 5. The molecule has 4 heterocycles. The Balaban J connectivity index is 1.36. The van der Waals surface area contributed by atoms with E-state index < -0.39 is 23.8 Å². The average Bonchev–Trinajstić information content (AvgIpc) is 3.28. The molecule has 8 nitrogen and oxygen atoms in total. The van der Waals surface area contributed by atoms with Gasteiger partial charge in [-0.05, 0) is 43.0 Å². The zero-order valence-electron chi connectivity index (χ0n) is 19.5. The fourth-order valence-corrected chi connectivity index (χ4v) is 4.94. The Morgan fingerprint density at radius 1 is 1.08 bits per heavy atom. The Morgan fingerprint density at radius 2 is 1.89 bits per heavy atom. The Labute approximate surface area is 204 Å². The summed E-state index contributed by atoms with van der Waals surface area (Å²) in [6.45, 7) is 0. The molecule has 0 spiro atoms. The Morgan fingerprint density at radius 3 is 2.56 bits per heavy atom. The molecule has 0 saturated carbocycles. The summed E-state index contributed by atoms with van der Waals surface area (Å²) in [5.74, 6) is -0.0330. The molecule has 2 N–H and O–H groups in total. The molecular weight excluding hydrogens is 480 g/mol. The van der Waals surface area contributed by atoms with Crippen molar-refractivity contribution in [2.24, 2.45) is 0 Å². The number of aromatic hydroxyl groups is 1. The van der Waals surface area contributed by atoms with Gasteiger partial charge in [0.15, 0.2) is 17.3 Å². The molecule has 2 aliphatic heterocycles. The number of benzene rings is 1. The summed E-state index contributed by atoms with van der Waals surface area (Å²) in [4.78, 5) is 9.55. The van der Waals surface area contributed by atoms with Gasteiger partial charge in [-0.2, -0.15) is 13.2 Å². The number of piperidine rings is 1. The first kappa shape index (κ1) is 24.2. The number of pyridine rings is 1. The Kier molecular flexibility index (Phi) is 6.15. The summed E-state index contributed by atoms with van der Waals surface area (Å²) >= 11 is 0. The van der Waals surface area contributed by atoms with Crippen molar-refractivity contribution in [2.45, 2.75) is 49.7 Å². The van der Waals surface area contributed by atoms with Crippen molar-refractivity contribution in [3.05, 3.63) is 42.4 Å². The Hall–Kier alpha value is -3.54. The normalized spacial score (nSPS) is 23.5. The molecule has 0 radical (unpaired) electrons. The second-order valence-corrected chi connectivity index (χ2v) is 9.05. The van der Waals surface area contributed by atoms with Crippen LogP contribution < -0.4 is 15.0 Å². The van der Waals surface area contributed by atoms with Crippen molar-refractivity contribution >= 4 is 5.82 Å². The first-order valence-corrected chi connectivity index (χ1v) is 11.4. The van der Waals surface area contributed by atoms with Crippen LogP contribution in [0.15, 0.2) is 36.7 Å². The standard InChI is InChI=1S/C24H24F4N6O2/c1-34(17-9-14-4-6-16(31-14)21(17)25)20-11-30-23(33-32-20)15-5-3-12(7-18(15)35)13-8-19(36-2)22(29-10-13)24(26,27)28/h3,5,7-8,10-11,14,16-17,21,31,35H,4,6,9H2,1-2H3/t14-,16-,17+,21-/m1/s1. The molecule has 0 amide bonds. The summed E-state index contributed by atoms with van der Waals surface area (Å²) in [6, 6.07) is 5.54. The predicted octanol–water partition coefficient (Wildman–Crippen LogP) is 4.00. The van der Waals surface area contributed by atoms with Gasteiger partial charge < -0.3 is 20.1 Å². The molecule has 2 aliphatic rings. The minimum absolute atomic E-state index is 0.147. The van der Waals surface area contributed by atoms with E-state index in [2.05, 4.69) is 25.5 Å². The van der Waals surface area contributed by atoms with E-state index in [4.69, 9.17) is 4.74 Å². The van der Waals surface area contributed by atoms with Crippen LogP contribution >= 0.6 is 0 Å². The van der Waals surface area contributed by atoms with Gasteiger partial charge in [0.25, 0.3) is 0 Å². The van der Waals surface area contributed by atoms with Gasteiger partial charge in [-0.25, -0.2) is 14.4 Å². The third-order valence-corrected chi connectivity index (χ3v) is 6.88. The largest absolute Gasteiger partial charge is 0.507 e. The molecule has 2 bridgehead atoms. The number of nitrogens with one attached hydrogen (secondary N) is 1. The highest BCUT2D eigenvalue weighted by Crippen LogP contribution is 2.38. The van der Waals surface area contributed by atoms with Crippen LogP contribution in [0.3, 0.4) is 0 Å². The lowest BCUT2D eigenvalue weighted by Gasteiger charge is -2.38. The van der Waals surface area contributed by atoms with Crippen molar-refractivity contribution in [3.8, 4) is 34.0 Å². The van der Waals surface area contributed by atoms with Crippen LogP contribution in [-0.2, 0) is 6.18 Å². The van der Waals surface area contributed by atoms with Crippen LogP contribution in [0, 0.1) is 0 Å². The molecule has 5 rings (SSSR count). The van der Waals surface area contributed by atoms with Crippen molar-refractivity contribution in [1.29, 1.82) is 0 Å². The lowest BCUT2D eigenvalue weighted by atomic mass is 9.96. The van der Waals surface area contributed by atoms with Crippen LogP contribution in [0.25, 0.3) is 22.5 Å². The van der Waals surface area contributed by atoms with Crippen LogP contribution in [0.2, 0.25) is 0 Å². The van der Waals surface area contributed by atoms with Gasteiger partial charge in [-0.3, -0.25) is 0 Å². The van der Waals surface area contributed by atoms with Gasteiger partial charge in [0.2, 0.25) is 0 Å². The number of ether oxygens (including phenoxy) is 1. The first-order chi connectivity index (χ1) is 17.2. The molecule has 36 heavy (non-hydrogen) atoms. The maximum Gasteiger partial charge on any atom is 0.437 e. The number of aromatic nitrogens is 4. The van der Waals surface area contributed by atoms with Crippen LogP contribution in [0.5, 0.6) is 11.5 Å². The third kappa shape index (κ3) is 4.41. The number of halogens is 4. The van der Waals surface area contributed by atoms with Gasteiger partial charge in [-0.1, -0.05) is 6.07 Å². The zero-order chi connectivity index (χ0) is 25.6. The maximum absolute atomic E-state index is 14.9. The van der Waals surface area contributed by atoms with Gasteiger partial charge in [-0.15, -0.1) is 10.2 Å². The number of fused-ring (bicyclic) bond motifs is 2. The van der Waals surface area contributed by atoms with E-state index in [0.29, 0.717) is 29.4 Å². The third-order valence-electron chi connectivity index (χ3n) is 6.88. The molecule has 0 unspecified atom stereocenters. The minimum atomic E-state index is -4.65. The van der Waals surface area contributed by atoms with Crippen molar-refractivity contribution < 1.29 is 27.4 Å².